The van der Waals surface area contributed by atoms with Crippen molar-refractivity contribution >= 4 is 17.0 Å². The molecule has 4 nitrogen and oxygen atoms in total. The van der Waals surface area contributed by atoms with Crippen LogP contribution in [-0.2, 0) is 6.42 Å². The van der Waals surface area contributed by atoms with Gasteiger partial charge in [0.25, 0.3) is 0 Å². The summed E-state index contributed by atoms with van der Waals surface area (Å²) in [6, 6.07) is 7.74. The topological polar surface area (TPSA) is 77.0 Å². The van der Waals surface area contributed by atoms with Crippen LogP contribution in [0.3, 0.4) is 0 Å². The first-order chi connectivity index (χ1) is 8.20. The molecule has 0 amide bonds. The number of nitrogens with zero attached hydrogens (tertiary/aromatic N) is 1. The minimum atomic E-state index is -0.00213. The Morgan fingerprint density at radius 1 is 1.41 bits per heavy atom. The van der Waals surface area contributed by atoms with Gasteiger partial charge in [-0.3, -0.25) is 11.3 Å². The molecule has 0 saturated heterocycles. The van der Waals surface area contributed by atoms with Gasteiger partial charge in [-0.2, -0.15) is 0 Å². The van der Waals surface area contributed by atoms with Crippen LogP contribution in [-0.4, -0.2) is 4.98 Å². The Morgan fingerprint density at radius 2 is 2.18 bits per heavy atom. The average Bonchev–Trinajstić information content (AvgIpc) is 2.73. The van der Waals surface area contributed by atoms with E-state index in [4.69, 9.17) is 11.6 Å². The van der Waals surface area contributed by atoms with Gasteiger partial charge in [0.15, 0.2) is 0 Å². The van der Waals surface area contributed by atoms with Crippen LogP contribution < -0.4 is 17.0 Å². The first kappa shape index (κ1) is 12.0. The van der Waals surface area contributed by atoms with Crippen LogP contribution >= 0.6 is 11.3 Å². The molecule has 0 aliphatic heterocycles. The maximum absolute atomic E-state index is 5.94. The minimum Gasteiger partial charge on any atom is -0.398 e. The minimum absolute atomic E-state index is 0.00213. The summed E-state index contributed by atoms with van der Waals surface area (Å²) in [6.07, 6.45) is 0.745. The monoisotopic (exact) mass is 248 g/mol. The lowest BCUT2D eigenvalue weighted by molar-refractivity contribution is 0.548. The molecule has 0 bridgehead atoms. The first-order valence-electron chi connectivity index (χ1n) is 5.42. The summed E-state index contributed by atoms with van der Waals surface area (Å²) >= 11 is 1.65. The molecule has 90 valence electrons. The lowest BCUT2D eigenvalue weighted by Gasteiger charge is -2.17. The Hall–Kier alpha value is -1.43. The molecule has 0 aliphatic carbocycles. The number of rotatable bonds is 4. The summed E-state index contributed by atoms with van der Waals surface area (Å²) in [5, 5.41) is 3.12. The van der Waals surface area contributed by atoms with Crippen LogP contribution in [0.1, 0.15) is 22.3 Å². The van der Waals surface area contributed by atoms with Crippen molar-refractivity contribution in [1.29, 1.82) is 0 Å². The van der Waals surface area contributed by atoms with Crippen molar-refractivity contribution in [2.75, 3.05) is 5.73 Å². The third kappa shape index (κ3) is 2.82. The lowest BCUT2D eigenvalue weighted by Crippen LogP contribution is -2.30. The van der Waals surface area contributed by atoms with E-state index < -0.39 is 0 Å². The van der Waals surface area contributed by atoms with Gasteiger partial charge in [0.05, 0.1) is 16.7 Å². The van der Waals surface area contributed by atoms with Crippen molar-refractivity contribution in [3.63, 3.8) is 0 Å². The number of aryl methyl sites for hydroxylation is 1. The predicted octanol–water partition coefficient (Wildman–Crippen LogP) is 1.78. The number of nitrogen functional groups attached to an aromatic ring is 1. The van der Waals surface area contributed by atoms with E-state index in [1.165, 1.54) is 0 Å². The molecule has 5 N–H and O–H groups in total. The van der Waals surface area contributed by atoms with Gasteiger partial charge in [-0.25, -0.2) is 4.98 Å². The molecule has 5 heteroatoms. The Balaban J connectivity index is 2.20. The molecular weight excluding hydrogens is 232 g/mol. The number of anilines is 1. The summed E-state index contributed by atoms with van der Waals surface area (Å²) in [5.74, 6) is 5.60. The summed E-state index contributed by atoms with van der Waals surface area (Å²) in [6.45, 7) is 2.00. The first-order valence-corrected chi connectivity index (χ1v) is 6.30. The molecule has 1 aromatic carbocycles. The molecule has 2 rings (SSSR count). The summed E-state index contributed by atoms with van der Waals surface area (Å²) < 4.78 is 0. The normalized spacial score (nSPS) is 12.6. The van der Waals surface area contributed by atoms with E-state index >= 15 is 0 Å². The molecular formula is C12H16N4S. The van der Waals surface area contributed by atoms with Crippen LogP contribution in [0.4, 0.5) is 5.69 Å². The molecule has 1 unspecified atom stereocenters. The van der Waals surface area contributed by atoms with Gasteiger partial charge in [0, 0.05) is 17.5 Å². The summed E-state index contributed by atoms with van der Waals surface area (Å²) in [7, 11) is 0. The summed E-state index contributed by atoms with van der Waals surface area (Å²) in [5.41, 5.74) is 11.6. The number of aromatic nitrogens is 1. The Labute approximate surface area is 105 Å². The second-order valence-corrected chi connectivity index (χ2v) is 4.97. The quantitative estimate of drug-likeness (QED) is 0.438. The van der Waals surface area contributed by atoms with Gasteiger partial charge >= 0.3 is 0 Å². The zero-order valence-corrected chi connectivity index (χ0v) is 10.5. The third-order valence-electron chi connectivity index (χ3n) is 2.65. The van der Waals surface area contributed by atoms with Gasteiger partial charge in [0.2, 0.25) is 0 Å². The molecule has 0 fully saturated rings. The van der Waals surface area contributed by atoms with E-state index in [1.807, 2.05) is 31.2 Å². The Kier molecular flexibility index (Phi) is 3.73. The van der Waals surface area contributed by atoms with E-state index in [0.29, 0.717) is 0 Å². The fraction of sp³-hybridized carbons (Fsp3) is 0.250. The van der Waals surface area contributed by atoms with Gasteiger partial charge < -0.3 is 5.73 Å². The van der Waals surface area contributed by atoms with Gasteiger partial charge in [-0.1, -0.05) is 18.2 Å². The SMILES string of the molecule is Cc1nc(CC(NN)c2ccccc2N)cs1. The van der Waals surface area contributed by atoms with Crippen molar-refractivity contribution in [2.24, 2.45) is 5.84 Å². The number of nitrogens with one attached hydrogen (secondary N) is 1. The molecule has 17 heavy (non-hydrogen) atoms. The number of thiazole rings is 1. The Bertz CT molecular complexity index is 495. The number of hydrazine groups is 1. The zero-order chi connectivity index (χ0) is 12.3. The molecule has 0 saturated carbocycles. The smallest absolute Gasteiger partial charge is 0.0897 e. The Morgan fingerprint density at radius 3 is 2.76 bits per heavy atom. The fourth-order valence-electron chi connectivity index (χ4n) is 1.80. The molecule has 1 aromatic heterocycles. The molecule has 0 spiro atoms. The predicted molar refractivity (Wildman–Crippen MR) is 71.5 cm³/mol. The van der Waals surface area contributed by atoms with Gasteiger partial charge in [-0.05, 0) is 18.6 Å². The van der Waals surface area contributed by atoms with Gasteiger partial charge in [-0.15, -0.1) is 11.3 Å². The van der Waals surface area contributed by atoms with Crippen LogP contribution in [0.5, 0.6) is 0 Å². The molecule has 1 heterocycles. The highest BCUT2D eigenvalue weighted by atomic mass is 32.1. The number of hydrogen-bond donors (Lipinski definition) is 3. The third-order valence-corrected chi connectivity index (χ3v) is 3.47. The zero-order valence-electron chi connectivity index (χ0n) is 9.68. The van der Waals surface area contributed by atoms with E-state index in [1.54, 1.807) is 11.3 Å². The van der Waals surface area contributed by atoms with Crippen molar-refractivity contribution in [2.45, 2.75) is 19.4 Å². The number of nitrogens with two attached hydrogens (primary N) is 2. The lowest BCUT2D eigenvalue weighted by atomic mass is 10.0. The van der Waals surface area contributed by atoms with Crippen molar-refractivity contribution < 1.29 is 0 Å². The molecule has 1 atom stereocenters. The number of hydrogen-bond acceptors (Lipinski definition) is 5. The standard InChI is InChI=1S/C12H16N4S/c1-8-15-9(7-17-8)6-12(16-14)10-4-2-3-5-11(10)13/h2-5,7,12,16H,6,13-14H2,1H3. The number of para-hydroxylation sites is 1. The van der Waals surface area contributed by atoms with E-state index in [2.05, 4.69) is 15.8 Å². The van der Waals surface area contributed by atoms with E-state index in [0.717, 1.165) is 28.4 Å². The summed E-state index contributed by atoms with van der Waals surface area (Å²) in [4.78, 5) is 4.44. The fourth-order valence-corrected chi connectivity index (χ4v) is 2.42. The highest BCUT2D eigenvalue weighted by Crippen LogP contribution is 2.23. The average molecular weight is 248 g/mol. The largest absolute Gasteiger partial charge is 0.398 e. The van der Waals surface area contributed by atoms with E-state index in [9.17, 15) is 0 Å². The maximum Gasteiger partial charge on any atom is 0.0897 e. The van der Waals surface area contributed by atoms with Crippen LogP contribution in [0, 0.1) is 6.92 Å². The van der Waals surface area contributed by atoms with Crippen LogP contribution in [0.15, 0.2) is 29.6 Å². The highest BCUT2D eigenvalue weighted by Gasteiger charge is 2.14. The maximum atomic E-state index is 5.94. The highest BCUT2D eigenvalue weighted by molar-refractivity contribution is 7.09. The van der Waals surface area contributed by atoms with Crippen LogP contribution in [0.2, 0.25) is 0 Å². The van der Waals surface area contributed by atoms with Crippen molar-refractivity contribution in [3.8, 4) is 0 Å². The second kappa shape index (κ2) is 5.27. The number of benzene rings is 1. The molecule has 0 aliphatic rings. The molecule has 2 aromatic rings. The molecule has 0 radical (unpaired) electrons. The van der Waals surface area contributed by atoms with E-state index in [-0.39, 0.29) is 6.04 Å². The van der Waals surface area contributed by atoms with Crippen molar-refractivity contribution in [1.82, 2.24) is 10.4 Å². The second-order valence-electron chi connectivity index (χ2n) is 3.91. The van der Waals surface area contributed by atoms with Crippen LogP contribution in [0.25, 0.3) is 0 Å². The van der Waals surface area contributed by atoms with Crippen molar-refractivity contribution in [3.05, 3.63) is 45.9 Å². The van der Waals surface area contributed by atoms with Gasteiger partial charge in [0.1, 0.15) is 0 Å².